The average Bonchev–Trinajstić information content (AvgIpc) is 2.38. The van der Waals surface area contributed by atoms with Gasteiger partial charge in [0.2, 0.25) is 0 Å². The standard InChI is InChI=1S/C15H23FN2O/c1-3-17-11(2)13-7-4-8-14(16)15(13)18-9-5-6-12(19)10-18/h4,7-8,11-12,17,19H,3,5-6,9-10H2,1-2H3. The van der Waals surface area contributed by atoms with Crippen LogP contribution in [-0.4, -0.2) is 30.8 Å². The monoisotopic (exact) mass is 266 g/mol. The highest BCUT2D eigenvalue weighted by Gasteiger charge is 2.24. The molecule has 3 nitrogen and oxygen atoms in total. The Bertz CT molecular complexity index is 425. The summed E-state index contributed by atoms with van der Waals surface area (Å²) in [5.74, 6) is -0.198. The minimum Gasteiger partial charge on any atom is -0.391 e. The molecule has 2 rings (SSSR count). The van der Waals surface area contributed by atoms with Gasteiger partial charge in [0.15, 0.2) is 0 Å². The molecule has 1 aromatic rings. The Morgan fingerprint density at radius 3 is 3.00 bits per heavy atom. The summed E-state index contributed by atoms with van der Waals surface area (Å²) in [5, 5.41) is 13.1. The lowest BCUT2D eigenvalue weighted by Crippen LogP contribution is -2.39. The lowest BCUT2D eigenvalue weighted by molar-refractivity contribution is 0.153. The zero-order valence-corrected chi connectivity index (χ0v) is 11.7. The summed E-state index contributed by atoms with van der Waals surface area (Å²) in [5.41, 5.74) is 1.62. The molecule has 2 unspecified atom stereocenters. The number of hydrogen-bond acceptors (Lipinski definition) is 3. The predicted molar refractivity (Wildman–Crippen MR) is 75.9 cm³/mol. The van der Waals surface area contributed by atoms with Gasteiger partial charge in [-0.25, -0.2) is 4.39 Å². The van der Waals surface area contributed by atoms with Gasteiger partial charge in [-0.3, -0.25) is 0 Å². The Morgan fingerprint density at radius 2 is 2.32 bits per heavy atom. The minimum atomic E-state index is -0.351. The summed E-state index contributed by atoms with van der Waals surface area (Å²) in [7, 11) is 0. The number of rotatable bonds is 4. The van der Waals surface area contributed by atoms with E-state index in [0.717, 1.165) is 31.5 Å². The number of nitrogens with zero attached hydrogens (tertiary/aromatic N) is 1. The molecule has 4 heteroatoms. The Hall–Kier alpha value is -1.13. The van der Waals surface area contributed by atoms with Crippen molar-refractivity contribution in [3.8, 4) is 0 Å². The first-order chi connectivity index (χ1) is 9.13. The third kappa shape index (κ3) is 3.25. The van der Waals surface area contributed by atoms with Crippen LogP contribution in [0.3, 0.4) is 0 Å². The van der Waals surface area contributed by atoms with Gasteiger partial charge in [0.1, 0.15) is 5.82 Å². The van der Waals surface area contributed by atoms with E-state index in [4.69, 9.17) is 0 Å². The summed E-state index contributed by atoms with van der Waals surface area (Å²) in [6.45, 7) is 6.26. The SMILES string of the molecule is CCNC(C)c1cccc(F)c1N1CCCC(O)C1. The molecule has 0 bridgehead atoms. The lowest BCUT2D eigenvalue weighted by atomic mass is 10.0. The molecule has 0 aliphatic carbocycles. The molecule has 1 aromatic carbocycles. The number of hydrogen-bond donors (Lipinski definition) is 2. The molecule has 0 aromatic heterocycles. The second-order valence-electron chi connectivity index (χ2n) is 5.20. The van der Waals surface area contributed by atoms with E-state index in [-0.39, 0.29) is 18.0 Å². The number of aliphatic hydroxyl groups is 1. The van der Waals surface area contributed by atoms with Gasteiger partial charge in [-0.15, -0.1) is 0 Å². The molecule has 0 amide bonds. The molecule has 1 aliphatic heterocycles. The van der Waals surface area contributed by atoms with Crippen LogP contribution in [0.25, 0.3) is 0 Å². The predicted octanol–water partition coefficient (Wildman–Crippen LogP) is 2.46. The summed E-state index contributed by atoms with van der Waals surface area (Å²) < 4.78 is 14.2. The normalized spacial score (nSPS) is 21.5. The van der Waals surface area contributed by atoms with Crippen LogP contribution >= 0.6 is 0 Å². The highest BCUT2D eigenvalue weighted by Crippen LogP contribution is 2.31. The molecular formula is C15H23FN2O. The third-order valence-corrected chi connectivity index (χ3v) is 3.71. The van der Waals surface area contributed by atoms with Crippen molar-refractivity contribution in [3.63, 3.8) is 0 Å². The fourth-order valence-corrected chi connectivity index (χ4v) is 2.79. The smallest absolute Gasteiger partial charge is 0.146 e. The van der Waals surface area contributed by atoms with Crippen molar-refractivity contribution < 1.29 is 9.50 Å². The topological polar surface area (TPSA) is 35.5 Å². The summed E-state index contributed by atoms with van der Waals surface area (Å²) in [6, 6.07) is 5.32. The number of para-hydroxylation sites is 1. The summed E-state index contributed by atoms with van der Waals surface area (Å²) in [4.78, 5) is 1.98. The first kappa shape index (κ1) is 14.3. The maximum Gasteiger partial charge on any atom is 0.146 e. The maximum absolute atomic E-state index is 14.2. The first-order valence-electron chi connectivity index (χ1n) is 7.08. The van der Waals surface area contributed by atoms with Crippen LogP contribution in [0, 0.1) is 5.82 Å². The number of aliphatic hydroxyl groups excluding tert-OH is 1. The van der Waals surface area contributed by atoms with Gasteiger partial charge >= 0.3 is 0 Å². The highest BCUT2D eigenvalue weighted by molar-refractivity contribution is 5.56. The van der Waals surface area contributed by atoms with E-state index in [0.29, 0.717) is 12.2 Å². The van der Waals surface area contributed by atoms with E-state index in [9.17, 15) is 9.50 Å². The van der Waals surface area contributed by atoms with Crippen LogP contribution in [0.4, 0.5) is 10.1 Å². The number of nitrogens with one attached hydrogen (secondary N) is 1. The molecule has 1 aliphatic rings. The van der Waals surface area contributed by atoms with E-state index in [1.54, 1.807) is 6.07 Å². The van der Waals surface area contributed by atoms with Crippen molar-refractivity contribution in [2.75, 3.05) is 24.5 Å². The number of anilines is 1. The largest absolute Gasteiger partial charge is 0.391 e. The number of β-amino-alcohol motifs (C(OH)–C–C–N with tert-alkyl or cyclic N) is 1. The molecule has 0 saturated carbocycles. The van der Waals surface area contributed by atoms with Crippen LogP contribution in [0.1, 0.15) is 38.3 Å². The quantitative estimate of drug-likeness (QED) is 0.878. The third-order valence-electron chi connectivity index (χ3n) is 3.71. The number of halogens is 1. The highest BCUT2D eigenvalue weighted by atomic mass is 19.1. The Balaban J connectivity index is 2.31. The van der Waals surface area contributed by atoms with Gasteiger partial charge in [0.25, 0.3) is 0 Å². The molecule has 0 radical (unpaired) electrons. The van der Waals surface area contributed by atoms with Crippen molar-refractivity contribution >= 4 is 5.69 Å². The number of piperidine rings is 1. The van der Waals surface area contributed by atoms with Crippen LogP contribution in [0.2, 0.25) is 0 Å². The van der Waals surface area contributed by atoms with Gasteiger partial charge in [-0.1, -0.05) is 19.1 Å². The van der Waals surface area contributed by atoms with E-state index in [1.807, 2.05) is 24.8 Å². The zero-order valence-electron chi connectivity index (χ0n) is 11.7. The molecule has 106 valence electrons. The molecule has 1 heterocycles. The van der Waals surface area contributed by atoms with Crippen LogP contribution in [0.15, 0.2) is 18.2 Å². The van der Waals surface area contributed by atoms with Crippen LogP contribution < -0.4 is 10.2 Å². The summed E-state index contributed by atoms with van der Waals surface area (Å²) >= 11 is 0. The van der Waals surface area contributed by atoms with Crippen molar-refractivity contribution in [1.82, 2.24) is 5.32 Å². The van der Waals surface area contributed by atoms with Crippen molar-refractivity contribution in [2.45, 2.75) is 38.8 Å². The second kappa shape index (κ2) is 6.35. The van der Waals surface area contributed by atoms with E-state index in [2.05, 4.69) is 5.32 Å². The molecular weight excluding hydrogens is 243 g/mol. The Labute approximate surface area is 114 Å². The van der Waals surface area contributed by atoms with Crippen molar-refractivity contribution in [2.24, 2.45) is 0 Å². The zero-order chi connectivity index (χ0) is 13.8. The Kier molecular flexibility index (Phi) is 4.77. The number of benzene rings is 1. The lowest BCUT2D eigenvalue weighted by Gasteiger charge is -2.34. The molecule has 1 fully saturated rings. The molecule has 1 saturated heterocycles. The molecule has 2 atom stereocenters. The van der Waals surface area contributed by atoms with Crippen molar-refractivity contribution in [3.05, 3.63) is 29.6 Å². The van der Waals surface area contributed by atoms with E-state index >= 15 is 0 Å². The van der Waals surface area contributed by atoms with Gasteiger partial charge < -0.3 is 15.3 Å². The van der Waals surface area contributed by atoms with E-state index in [1.165, 1.54) is 6.07 Å². The van der Waals surface area contributed by atoms with Crippen LogP contribution in [0.5, 0.6) is 0 Å². The van der Waals surface area contributed by atoms with Gasteiger partial charge in [0.05, 0.1) is 11.8 Å². The first-order valence-corrected chi connectivity index (χ1v) is 7.08. The van der Waals surface area contributed by atoms with Crippen molar-refractivity contribution in [1.29, 1.82) is 0 Å². The van der Waals surface area contributed by atoms with Gasteiger partial charge in [-0.05, 0) is 37.9 Å². The van der Waals surface area contributed by atoms with Crippen LogP contribution in [-0.2, 0) is 0 Å². The summed E-state index contributed by atoms with van der Waals surface area (Å²) in [6.07, 6.45) is 1.36. The van der Waals surface area contributed by atoms with Gasteiger partial charge in [0, 0.05) is 19.1 Å². The van der Waals surface area contributed by atoms with Gasteiger partial charge in [-0.2, -0.15) is 0 Å². The molecule has 19 heavy (non-hydrogen) atoms. The molecule has 2 N–H and O–H groups in total. The molecule has 0 spiro atoms. The van der Waals surface area contributed by atoms with E-state index < -0.39 is 0 Å². The minimum absolute atomic E-state index is 0.106. The second-order valence-corrected chi connectivity index (χ2v) is 5.20. The fourth-order valence-electron chi connectivity index (χ4n) is 2.79. The Morgan fingerprint density at radius 1 is 1.53 bits per heavy atom. The maximum atomic E-state index is 14.2. The fraction of sp³-hybridized carbons (Fsp3) is 0.600. The average molecular weight is 266 g/mol.